The van der Waals surface area contributed by atoms with Crippen LogP contribution in [-0.4, -0.2) is 44.8 Å². The van der Waals surface area contributed by atoms with Crippen LogP contribution in [-0.2, 0) is 9.84 Å². The number of sulfone groups is 1. The van der Waals surface area contributed by atoms with Gasteiger partial charge >= 0.3 is 0 Å². The number of nitrogens with zero attached hydrogens (tertiary/aromatic N) is 1. The van der Waals surface area contributed by atoms with Crippen LogP contribution in [0.15, 0.2) is 29.2 Å². The quantitative estimate of drug-likeness (QED) is 0.837. The largest absolute Gasteiger partial charge is 0.387 e. The van der Waals surface area contributed by atoms with Crippen molar-refractivity contribution in [3.63, 3.8) is 0 Å². The Morgan fingerprint density at radius 3 is 2.20 bits per heavy atom. The molecule has 0 aliphatic carbocycles. The summed E-state index contributed by atoms with van der Waals surface area (Å²) < 4.78 is 22.8. The summed E-state index contributed by atoms with van der Waals surface area (Å²) in [5.74, 6) is 0.597. The number of hydrogen-bond acceptors (Lipinski definition) is 4. The summed E-state index contributed by atoms with van der Waals surface area (Å²) >= 11 is 0. The normalized spacial score (nSPS) is 15.3. The van der Waals surface area contributed by atoms with Crippen molar-refractivity contribution >= 4 is 9.84 Å². The zero-order chi connectivity index (χ0) is 15.3. The highest BCUT2D eigenvalue weighted by molar-refractivity contribution is 7.90. The number of benzene rings is 1. The summed E-state index contributed by atoms with van der Waals surface area (Å²) in [6, 6.07) is 6.45. The van der Waals surface area contributed by atoms with Crippen LogP contribution in [0.4, 0.5) is 0 Å². The van der Waals surface area contributed by atoms with Gasteiger partial charge in [0.25, 0.3) is 0 Å². The average molecular weight is 299 g/mol. The molecule has 1 aromatic carbocycles. The zero-order valence-electron chi connectivity index (χ0n) is 12.7. The van der Waals surface area contributed by atoms with Crippen molar-refractivity contribution in [1.82, 2.24) is 4.90 Å². The van der Waals surface area contributed by atoms with Gasteiger partial charge in [0.2, 0.25) is 0 Å². The molecule has 0 aliphatic heterocycles. The molecule has 0 bridgehead atoms. The van der Waals surface area contributed by atoms with Crippen LogP contribution in [0.1, 0.15) is 31.9 Å². The van der Waals surface area contributed by atoms with Gasteiger partial charge in [-0.05, 0) is 30.7 Å². The van der Waals surface area contributed by atoms with Gasteiger partial charge in [-0.15, -0.1) is 0 Å². The van der Waals surface area contributed by atoms with Gasteiger partial charge in [0.15, 0.2) is 9.84 Å². The van der Waals surface area contributed by atoms with E-state index in [4.69, 9.17) is 0 Å². The topological polar surface area (TPSA) is 57.6 Å². The molecular weight excluding hydrogens is 274 g/mol. The van der Waals surface area contributed by atoms with Crippen molar-refractivity contribution < 1.29 is 13.5 Å². The van der Waals surface area contributed by atoms with Crippen molar-refractivity contribution in [2.75, 3.05) is 26.4 Å². The third kappa shape index (κ3) is 5.23. The van der Waals surface area contributed by atoms with Crippen LogP contribution >= 0.6 is 0 Å². The fourth-order valence-corrected chi connectivity index (χ4v) is 2.70. The Balaban J connectivity index is 2.66. The fourth-order valence-electron chi connectivity index (χ4n) is 2.07. The Kier molecular flexibility index (Phi) is 6.17. The van der Waals surface area contributed by atoms with Gasteiger partial charge in [-0.1, -0.05) is 32.4 Å². The van der Waals surface area contributed by atoms with E-state index >= 15 is 0 Å². The van der Waals surface area contributed by atoms with Crippen molar-refractivity contribution in [3.8, 4) is 0 Å². The molecule has 0 heterocycles. The van der Waals surface area contributed by atoms with E-state index in [0.717, 1.165) is 18.5 Å². The van der Waals surface area contributed by atoms with E-state index in [-0.39, 0.29) is 4.90 Å². The summed E-state index contributed by atoms with van der Waals surface area (Å²) in [5.41, 5.74) is 0.744. The molecule has 0 aromatic heterocycles. The molecule has 0 fully saturated rings. The van der Waals surface area contributed by atoms with E-state index in [2.05, 4.69) is 18.7 Å². The lowest BCUT2D eigenvalue weighted by Gasteiger charge is -2.23. The van der Waals surface area contributed by atoms with E-state index in [1.165, 1.54) is 6.26 Å². The second-order valence-corrected chi connectivity index (χ2v) is 7.61. The van der Waals surface area contributed by atoms with Gasteiger partial charge in [0.05, 0.1) is 11.0 Å². The number of likely N-dealkylation sites (N-methyl/N-ethyl adjacent to an activating group) is 1. The summed E-state index contributed by atoms with van der Waals surface area (Å²) in [4.78, 5) is 2.38. The molecule has 5 heteroatoms. The molecule has 114 valence electrons. The van der Waals surface area contributed by atoms with Crippen LogP contribution in [0, 0.1) is 5.92 Å². The Hall–Kier alpha value is -0.910. The Bertz CT molecular complexity index is 510. The van der Waals surface area contributed by atoms with Crippen LogP contribution in [0.25, 0.3) is 0 Å². The minimum Gasteiger partial charge on any atom is -0.387 e. The number of hydrogen-bond donors (Lipinski definition) is 1. The molecule has 2 unspecified atom stereocenters. The standard InChI is InChI=1S/C15H25NO3S/c1-5-12(2)10-16(3)11-15(17)13-6-8-14(9-7-13)20(4,18)19/h6-9,12,15,17H,5,10-11H2,1-4H3. The number of aliphatic hydroxyl groups is 1. The molecule has 0 saturated carbocycles. The second-order valence-electron chi connectivity index (χ2n) is 5.59. The third-order valence-corrected chi connectivity index (χ3v) is 4.63. The van der Waals surface area contributed by atoms with E-state index in [0.29, 0.717) is 12.5 Å². The van der Waals surface area contributed by atoms with Gasteiger partial charge in [0.1, 0.15) is 0 Å². The molecule has 2 atom stereocenters. The van der Waals surface area contributed by atoms with Gasteiger partial charge in [-0.2, -0.15) is 0 Å². The van der Waals surface area contributed by atoms with Gasteiger partial charge in [0, 0.05) is 19.3 Å². The molecule has 1 N–H and O–H groups in total. The van der Waals surface area contributed by atoms with Crippen molar-refractivity contribution in [1.29, 1.82) is 0 Å². The highest BCUT2D eigenvalue weighted by Gasteiger charge is 2.13. The summed E-state index contributed by atoms with van der Waals surface area (Å²) in [7, 11) is -1.19. The first kappa shape index (κ1) is 17.1. The summed E-state index contributed by atoms with van der Waals surface area (Å²) in [6.45, 7) is 5.82. The van der Waals surface area contributed by atoms with Crippen LogP contribution in [0.3, 0.4) is 0 Å². The maximum absolute atomic E-state index is 11.4. The minimum atomic E-state index is -3.18. The maximum Gasteiger partial charge on any atom is 0.175 e. The first-order chi connectivity index (χ1) is 9.24. The number of aliphatic hydroxyl groups excluding tert-OH is 1. The monoisotopic (exact) mass is 299 g/mol. The third-order valence-electron chi connectivity index (χ3n) is 3.50. The molecule has 4 nitrogen and oxygen atoms in total. The first-order valence-electron chi connectivity index (χ1n) is 6.90. The Morgan fingerprint density at radius 2 is 1.75 bits per heavy atom. The lowest BCUT2D eigenvalue weighted by molar-refractivity contribution is 0.119. The van der Waals surface area contributed by atoms with E-state index in [9.17, 15) is 13.5 Å². The zero-order valence-corrected chi connectivity index (χ0v) is 13.5. The molecule has 0 spiro atoms. The number of rotatable bonds is 7. The SMILES string of the molecule is CCC(C)CN(C)CC(O)c1ccc(S(C)(=O)=O)cc1. The van der Waals surface area contributed by atoms with Crippen LogP contribution < -0.4 is 0 Å². The molecular formula is C15H25NO3S. The molecule has 0 aliphatic rings. The van der Waals surface area contributed by atoms with Gasteiger partial charge in [-0.3, -0.25) is 0 Å². The fraction of sp³-hybridized carbons (Fsp3) is 0.600. The van der Waals surface area contributed by atoms with Crippen molar-refractivity contribution in [2.45, 2.75) is 31.3 Å². The molecule has 1 rings (SSSR count). The molecule has 0 saturated heterocycles. The van der Waals surface area contributed by atoms with Crippen LogP contribution in [0.5, 0.6) is 0 Å². The lowest BCUT2D eigenvalue weighted by atomic mass is 10.1. The van der Waals surface area contributed by atoms with Crippen molar-refractivity contribution in [3.05, 3.63) is 29.8 Å². The van der Waals surface area contributed by atoms with E-state index < -0.39 is 15.9 Å². The average Bonchev–Trinajstić information content (AvgIpc) is 2.37. The molecule has 0 amide bonds. The second kappa shape index (κ2) is 7.20. The van der Waals surface area contributed by atoms with Crippen LogP contribution in [0.2, 0.25) is 0 Å². The highest BCUT2D eigenvalue weighted by atomic mass is 32.2. The Labute approximate surface area is 122 Å². The molecule has 20 heavy (non-hydrogen) atoms. The highest BCUT2D eigenvalue weighted by Crippen LogP contribution is 2.17. The predicted molar refractivity (Wildman–Crippen MR) is 81.5 cm³/mol. The minimum absolute atomic E-state index is 0.279. The van der Waals surface area contributed by atoms with Gasteiger partial charge < -0.3 is 10.0 Å². The molecule has 0 radical (unpaired) electrons. The smallest absolute Gasteiger partial charge is 0.175 e. The molecule has 1 aromatic rings. The van der Waals surface area contributed by atoms with E-state index in [1.807, 2.05) is 7.05 Å². The summed E-state index contributed by atoms with van der Waals surface area (Å²) in [5, 5.41) is 10.2. The predicted octanol–water partition coefficient (Wildman–Crippen LogP) is 2.10. The van der Waals surface area contributed by atoms with Gasteiger partial charge in [-0.25, -0.2) is 8.42 Å². The lowest BCUT2D eigenvalue weighted by Crippen LogP contribution is -2.28. The maximum atomic E-state index is 11.4. The van der Waals surface area contributed by atoms with E-state index in [1.54, 1.807) is 24.3 Å². The first-order valence-corrected chi connectivity index (χ1v) is 8.79. The Morgan fingerprint density at radius 1 is 1.20 bits per heavy atom. The summed E-state index contributed by atoms with van der Waals surface area (Å²) in [6.07, 6.45) is 1.69. The van der Waals surface area contributed by atoms with Crippen molar-refractivity contribution in [2.24, 2.45) is 5.92 Å².